The minimum absolute atomic E-state index is 0.0147. The summed E-state index contributed by atoms with van der Waals surface area (Å²) in [6, 6.07) is 3.58. The van der Waals surface area contributed by atoms with E-state index in [0.29, 0.717) is 13.0 Å². The van der Waals surface area contributed by atoms with Crippen LogP contribution in [0.3, 0.4) is 0 Å². The number of hydrogen-bond donors (Lipinski definition) is 0. The zero-order valence-corrected chi connectivity index (χ0v) is 10.6. The van der Waals surface area contributed by atoms with Crippen molar-refractivity contribution >= 4 is 15.7 Å². The van der Waals surface area contributed by atoms with Crippen LogP contribution >= 0.6 is 0 Å². The summed E-state index contributed by atoms with van der Waals surface area (Å²) in [7, 11) is -2.96. The molecule has 2 saturated heterocycles. The van der Waals surface area contributed by atoms with Crippen LogP contribution in [0.4, 0.5) is 0 Å². The topological polar surface area (TPSA) is 67.3 Å². The third kappa shape index (κ3) is 2.01. The number of carbonyl (C=O) groups is 1. The highest BCUT2D eigenvalue weighted by molar-refractivity contribution is 7.91. The number of amides is 1. The monoisotopic (exact) mass is 266 g/mol. The van der Waals surface area contributed by atoms with E-state index in [2.05, 4.69) is 4.98 Å². The fourth-order valence-corrected chi connectivity index (χ4v) is 4.96. The lowest BCUT2D eigenvalue weighted by molar-refractivity contribution is -0.129. The van der Waals surface area contributed by atoms with E-state index in [4.69, 9.17) is 0 Å². The van der Waals surface area contributed by atoms with Crippen molar-refractivity contribution in [1.82, 2.24) is 9.88 Å². The molecule has 2 atom stereocenters. The van der Waals surface area contributed by atoms with E-state index in [1.165, 1.54) is 0 Å². The van der Waals surface area contributed by atoms with Crippen molar-refractivity contribution in [2.24, 2.45) is 5.92 Å². The van der Waals surface area contributed by atoms with E-state index >= 15 is 0 Å². The molecule has 1 amide bonds. The molecule has 0 bridgehead atoms. The van der Waals surface area contributed by atoms with Crippen molar-refractivity contribution in [3.8, 4) is 0 Å². The Morgan fingerprint density at radius 2 is 2.22 bits per heavy atom. The molecule has 96 valence electrons. The molecular weight excluding hydrogens is 252 g/mol. The first-order chi connectivity index (χ1) is 8.55. The quantitative estimate of drug-likeness (QED) is 0.768. The van der Waals surface area contributed by atoms with Gasteiger partial charge in [-0.1, -0.05) is 6.07 Å². The van der Waals surface area contributed by atoms with E-state index in [1.54, 1.807) is 17.3 Å². The number of sulfone groups is 1. The fraction of sp³-hybridized carbons (Fsp3) is 0.500. The Kier molecular flexibility index (Phi) is 2.62. The summed E-state index contributed by atoms with van der Waals surface area (Å²) in [6.07, 6.45) is 3.76. The van der Waals surface area contributed by atoms with Gasteiger partial charge in [-0.2, -0.15) is 0 Å². The molecule has 0 aliphatic carbocycles. The Hall–Kier alpha value is -1.43. The van der Waals surface area contributed by atoms with Crippen LogP contribution in [0, 0.1) is 5.92 Å². The molecule has 0 saturated carbocycles. The van der Waals surface area contributed by atoms with Gasteiger partial charge in [0.05, 0.1) is 17.5 Å². The minimum atomic E-state index is -2.96. The summed E-state index contributed by atoms with van der Waals surface area (Å²) in [5, 5.41) is 0. The highest BCUT2D eigenvalue weighted by Crippen LogP contribution is 2.34. The van der Waals surface area contributed by atoms with Crippen LogP contribution in [0.15, 0.2) is 24.5 Å². The van der Waals surface area contributed by atoms with Crippen LogP contribution in [-0.2, 0) is 21.2 Å². The molecule has 0 aromatic carbocycles. The van der Waals surface area contributed by atoms with Gasteiger partial charge in [0, 0.05) is 31.3 Å². The molecule has 1 aromatic heterocycles. The third-order valence-corrected chi connectivity index (χ3v) is 5.46. The van der Waals surface area contributed by atoms with Crippen molar-refractivity contribution in [2.75, 3.05) is 11.5 Å². The second-order valence-electron chi connectivity index (χ2n) is 4.99. The fourth-order valence-electron chi connectivity index (χ4n) is 2.86. The number of pyridine rings is 1. The van der Waals surface area contributed by atoms with Crippen LogP contribution in [0.2, 0.25) is 0 Å². The molecule has 1 aromatic rings. The normalized spacial score (nSPS) is 29.6. The number of fused-ring (bicyclic) bond motifs is 1. The van der Waals surface area contributed by atoms with E-state index in [9.17, 15) is 13.2 Å². The van der Waals surface area contributed by atoms with Gasteiger partial charge in [0.15, 0.2) is 9.84 Å². The Morgan fingerprint density at radius 1 is 1.39 bits per heavy atom. The molecule has 2 aliphatic heterocycles. The Morgan fingerprint density at radius 3 is 2.94 bits per heavy atom. The number of hydrogen-bond acceptors (Lipinski definition) is 4. The SMILES string of the molecule is O=C1C[C@H]2CS(=O)(=O)C[C@@H]2N1Cc1cccnc1. The highest BCUT2D eigenvalue weighted by Gasteiger charge is 2.48. The summed E-state index contributed by atoms with van der Waals surface area (Å²) in [5.74, 6) is 0.319. The number of aromatic nitrogens is 1. The average molecular weight is 266 g/mol. The number of rotatable bonds is 2. The van der Waals surface area contributed by atoms with Crippen LogP contribution in [-0.4, -0.2) is 41.8 Å². The standard InChI is InChI=1S/C12H14N2O3S/c15-12-4-10-7-18(16,17)8-11(10)14(12)6-9-2-1-3-13-5-9/h1-3,5,10-11H,4,6-8H2/t10-,11-/m0/s1. The molecule has 0 unspecified atom stereocenters. The smallest absolute Gasteiger partial charge is 0.223 e. The van der Waals surface area contributed by atoms with Crippen molar-refractivity contribution in [1.29, 1.82) is 0 Å². The van der Waals surface area contributed by atoms with E-state index in [0.717, 1.165) is 5.56 Å². The summed E-state index contributed by atoms with van der Waals surface area (Å²) >= 11 is 0. The van der Waals surface area contributed by atoms with Crippen molar-refractivity contribution in [3.05, 3.63) is 30.1 Å². The number of carbonyl (C=O) groups excluding carboxylic acids is 1. The number of nitrogens with zero attached hydrogens (tertiary/aromatic N) is 2. The van der Waals surface area contributed by atoms with Crippen molar-refractivity contribution < 1.29 is 13.2 Å². The maximum Gasteiger partial charge on any atom is 0.223 e. The molecule has 3 rings (SSSR count). The van der Waals surface area contributed by atoms with Crippen LogP contribution in [0.25, 0.3) is 0 Å². The molecule has 2 aliphatic rings. The van der Waals surface area contributed by atoms with Gasteiger partial charge in [0.2, 0.25) is 5.91 Å². The molecule has 5 nitrogen and oxygen atoms in total. The van der Waals surface area contributed by atoms with Crippen LogP contribution in [0.1, 0.15) is 12.0 Å². The van der Waals surface area contributed by atoms with Gasteiger partial charge in [-0.3, -0.25) is 9.78 Å². The van der Waals surface area contributed by atoms with Gasteiger partial charge < -0.3 is 4.90 Å². The molecule has 18 heavy (non-hydrogen) atoms. The molecule has 3 heterocycles. The van der Waals surface area contributed by atoms with E-state index < -0.39 is 9.84 Å². The molecule has 6 heteroatoms. The zero-order chi connectivity index (χ0) is 12.8. The second-order valence-corrected chi connectivity index (χ2v) is 7.15. The van der Waals surface area contributed by atoms with E-state index in [1.807, 2.05) is 12.1 Å². The first-order valence-corrected chi connectivity index (χ1v) is 7.76. The van der Waals surface area contributed by atoms with Crippen LogP contribution in [0.5, 0.6) is 0 Å². The Labute approximate surface area is 106 Å². The summed E-state index contributed by atoms with van der Waals surface area (Å²) in [6.45, 7) is 0.462. The van der Waals surface area contributed by atoms with E-state index in [-0.39, 0.29) is 29.4 Å². The minimum Gasteiger partial charge on any atom is -0.334 e. The Bertz CT molecular complexity index is 570. The highest BCUT2D eigenvalue weighted by atomic mass is 32.2. The summed E-state index contributed by atoms with van der Waals surface area (Å²) in [4.78, 5) is 17.6. The maximum absolute atomic E-state index is 11.9. The first kappa shape index (κ1) is 11.6. The van der Waals surface area contributed by atoms with Crippen molar-refractivity contribution in [2.45, 2.75) is 19.0 Å². The van der Waals surface area contributed by atoms with Gasteiger partial charge >= 0.3 is 0 Å². The molecule has 0 spiro atoms. The second kappa shape index (κ2) is 4.05. The van der Waals surface area contributed by atoms with Gasteiger partial charge in [-0.15, -0.1) is 0 Å². The Balaban J connectivity index is 1.82. The predicted octanol–water partition coefficient (Wildman–Crippen LogP) is 0.227. The molecule has 0 radical (unpaired) electrons. The lowest BCUT2D eigenvalue weighted by Crippen LogP contribution is -2.35. The lowest BCUT2D eigenvalue weighted by Gasteiger charge is -2.23. The van der Waals surface area contributed by atoms with Gasteiger partial charge in [0.1, 0.15) is 0 Å². The largest absolute Gasteiger partial charge is 0.334 e. The van der Waals surface area contributed by atoms with Gasteiger partial charge in [0.25, 0.3) is 0 Å². The average Bonchev–Trinajstić information content (AvgIpc) is 2.74. The van der Waals surface area contributed by atoms with Gasteiger partial charge in [-0.05, 0) is 11.6 Å². The van der Waals surface area contributed by atoms with Crippen molar-refractivity contribution in [3.63, 3.8) is 0 Å². The molecule has 2 fully saturated rings. The summed E-state index contributed by atoms with van der Waals surface area (Å²) in [5.41, 5.74) is 0.941. The predicted molar refractivity (Wildman–Crippen MR) is 65.3 cm³/mol. The number of likely N-dealkylation sites (tertiary alicyclic amines) is 1. The lowest BCUT2D eigenvalue weighted by atomic mass is 10.1. The third-order valence-electron chi connectivity index (χ3n) is 3.67. The zero-order valence-electron chi connectivity index (χ0n) is 9.82. The van der Waals surface area contributed by atoms with Crippen LogP contribution < -0.4 is 0 Å². The van der Waals surface area contributed by atoms with Gasteiger partial charge in [-0.25, -0.2) is 8.42 Å². The summed E-state index contributed by atoms with van der Waals surface area (Å²) < 4.78 is 23.2. The molecular formula is C12H14N2O3S. The maximum atomic E-state index is 11.9. The first-order valence-electron chi connectivity index (χ1n) is 5.94. The molecule has 0 N–H and O–H groups in total.